The average molecular weight is 313 g/mol. The smallest absolute Gasteiger partial charge is 0.195 e. The number of halogens is 1. The first kappa shape index (κ1) is 14.4. The summed E-state index contributed by atoms with van der Waals surface area (Å²) in [4.78, 5) is 0. The van der Waals surface area contributed by atoms with Gasteiger partial charge in [0.2, 0.25) is 0 Å². The molecule has 4 nitrogen and oxygen atoms in total. The predicted octanol–water partition coefficient (Wildman–Crippen LogP) is 1.68. The first-order valence-corrected chi connectivity index (χ1v) is 8.20. The van der Waals surface area contributed by atoms with Gasteiger partial charge in [-0.2, -0.15) is 17.0 Å². The third kappa shape index (κ3) is 3.18. The first-order chi connectivity index (χ1) is 7.39. The van der Waals surface area contributed by atoms with Crippen LogP contribution in [-0.4, -0.2) is 48.5 Å². The Morgan fingerprint density at radius 1 is 1.44 bits per heavy atom. The first-order valence-electron chi connectivity index (χ1n) is 5.68. The zero-order chi connectivity index (χ0) is 12.3. The van der Waals surface area contributed by atoms with E-state index in [0.717, 1.165) is 12.8 Å². The molecule has 0 amide bonds. The molecular formula is C10H21BrN2O2S. The fourth-order valence-corrected chi connectivity index (χ4v) is 3.91. The van der Waals surface area contributed by atoms with E-state index in [1.165, 1.54) is 4.31 Å². The van der Waals surface area contributed by atoms with Gasteiger partial charge in [0.15, 0.2) is 0 Å². The zero-order valence-corrected chi connectivity index (χ0v) is 12.6. The molecule has 1 saturated heterocycles. The van der Waals surface area contributed by atoms with Crippen LogP contribution in [0.5, 0.6) is 0 Å². The van der Waals surface area contributed by atoms with E-state index >= 15 is 0 Å². The normalized spacial score (nSPS) is 22.6. The van der Waals surface area contributed by atoms with Gasteiger partial charge in [-0.05, 0) is 25.7 Å². The lowest BCUT2D eigenvalue weighted by Gasteiger charge is -2.34. The lowest BCUT2D eigenvalue weighted by molar-refractivity contribution is 0.264. The summed E-state index contributed by atoms with van der Waals surface area (Å²) in [7, 11) is -1.61. The van der Waals surface area contributed by atoms with Crippen LogP contribution in [0.15, 0.2) is 0 Å². The molecule has 16 heavy (non-hydrogen) atoms. The Balaban J connectivity index is 2.70. The molecule has 0 aromatic rings. The van der Waals surface area contributed by atoms with Crippen molar-refractivity contribution in [3.8, 4) is 0 Å². The fourth-order valence-electron chi connectivity index (χ4n) is 1.72. The maximum atomic E-state index is 12.2. The van der Waals surface area contributed by atoms with Crippen LogP contribution >= 0.6 is 15.9 Å². The van der Waals surface area contributed by atoms with Crippen LogP contribution in [0, 0.1) is 5.92 Å². The maximum Gasteiger partial charge on any atom is 0.281 e. The lowest BCUT2D eigenvalue weighted by atomic mass is 10.0. The second kappa shape index (κ2) is 5.80. The largest absolute Gasteiger partial charge is 0.281 e. The number of alkyl halides is 1. The third-order valence-electron chi connectivity index (χ3n) is 3.28. The summed E-state index contributed by atoms with van der Waals surface area (Å²) >= 11 is 3.32. The molecule has 0 bridgehead atoms. The molecule has 0 aliphatic carbocycles. The highest BCUT2D eigenvalue weighted by atomic mass is 79.9. The molecule has 0 saturated carbocycles. The number of nitrogens with zero attached hydrogens (tertiary/aromatic N) is 2. The third-order valence-corrected chi connectivity index (χ3v) is 6.32. The van der Waals surface area contributed by atoms with Crippen LogP contribution < -0.4 is 0 Å². The predicted molar refractivity (Wildman–Crippen MR) is 69.9 cm³/mol. The van der Waals surface area contributed by atoms with Crippen molar-refractivity contribution in [1.29, 1.82) is 0 Å². The molecule has 1 atom stereocenters. The lowest BCUT2D eigenvalue weighted by Crippen LogP contribution is -2.48. The molecular weight excluding hydrogens is 292 g/mol. The summed E-state index contributed by atoms with van der Waals surface area (Å²) in [5, 5.41) is 0.660. The molecule has 0 radical (unpaired) electrons. The van der Waals surface area contributed by atoms with Crippen molar-refractivity contribution in [2.75, 3.05) is 25.5 Å². The Bertz CT molecular complexity index is 313. The van der Waals surface area contributed by atoms with E-state index < -0.39 is 10.2 Å². The Morgan fingerprint density at radius 2 is 1.94 bits per heavy atom. The Hall–Kier alpha value is 0.350. The Labute approximate surface area is 107 Å². The number of hydrogen-bond donors (Lipinski definition) is 0. The minimum absolute atomic E-state index is 0.00986. The van der Waals surface area contributed by atoms with Crippen molar-refractivity contribution in [1.82, 2.24) is 8.61 Å². The molecule has 1 rings (SSSR count). The number of piperidine rings is 1. The van der Waals surface area contributed by atoms with E-state index in [2.05, 4.69) is 22.9 Å². The van der Waals surface area contributed by atoms with Gasteiger partial charge < -0.3 is 0 Å². The topological polar surface area (TPSA) is 40.6 Å². The summed E-state index contributed by atoms with van der Waals surface area (Å²) in [6.07, 6.45) is 1.94. The van der Waals surface area contributed by atoms with Crippen LogP contribution in [0.25, 0.3) is 0 Å². The van der Waals surface area contributed by atoms with Crippen LogP contribution in [0.3, 0.4) is 0 Å². The van der Waals surface area contributed by atoms with Gasteiger partial charge in [-0.3, -0.25) is 0 Å². The van der Waals surface area contributed by atoms with Crippen molar-refractivity contribution in [3.63, 3.8) is 0 Å². The highest BCUT2D eigenvalue weighted by Gasteiger charge is 2.31. The molecule has 0 spiro atoms. The van der Waals surface area contributed by atoms with Crippen molar-refractivity contribution >= 4 is 26.1 Å². The molecule has 6 heteroatoms. The van der Waals surface area contributed by atoms with Gasteiger partial charge in [-0.1, -0.05) is 22.9 Å². The molecule has 1 heterocycles. The molecule has 0 N–H and O–H groups in total. The van der Waals surface area contributed by atoms with Crippen LogP contribution in [0.2, 0.25) is 0 Å². The van der Waals surface area contributed by atoms with Crippen molar-refractivity contribution in [2.24, 2.45) is 5.92 Å². The van der Waals surface area contributed by atoms with Crippen LogP contribution in [0.1, 0.15) is 26.7 Å². The standard InChI is InChI=1S/C10H21BrN2O2S/c1-9-4-6-13(7-5-9)16(14,15)12(3)10(2)8-11/h9-10H,4-8H2,1-3H3. The summed E-state index contributed by atoms with van der Waals surface area (Å²) < 4.78 is 27.5. The molecule has 1 aliphatic rings. The Kier molecular flexibility index (Phi) is 5.22. The molecule has 0 aromatic carbocycles. The van der Waals surface area contributed by atoms with E-state index in [4.69, 9.17) is 0 Å². The van der Waals surface area contributed by atoms with Crippen molar-refractivity contribution in [2.45, 2.75) is 32.7 Å². The van der Waals surface area contributed by atoms with Gasteiger partial charge in [0.1, 0.15) is 0 Å². The average Bonchev–Trinajstić information content (AvgIpc) is 2.27. The highest BCUT2D eigenvalue weighted by molar-refractivity contribution is 9.09. The van der Waals surface area contributed by atoms with Crippen LogP contribution in [0.4, 0.5) is 0 Å². The number of hydrogen-bond acceptors (Lipinski definition) is 2. The molecule has 1 aliphatic heterocycles. The highest BCUT2D eigenvalue weighted by Crippen LogP contribution is 2.21. The van der Waals surface area contributed by atoms with E-state index in [0.29, 0.717) is 24.3 Å². The maximum absolute atomic E-state index is 12.2. The van der Waals surface area contributed by atoms with Crippen molar-refractivity contribution in [3.05, 3.63) is 0 Å². The number of rotatable bonds is 4. The SMILES string of the molecule is CC1CCN(S(=O)(=O)N(C)C(C)CBr)CC1. The van der Waals surface area contributed by atoms with Crippen LogP contribution in [-0.2, 0) is 10.2 Å². The van der Waals surface area contributed by atoms with Gasteiger partial charge in [0.25, 0.3) is 10.2 Å². The minimum atomic E-state index is -3.26. The Morgan fingerprint density at radius 3 is 2.38 bits per heavy atom. The second-order valence-corrected chi connectivity index (χ2v) is 7.24. The van der Waals surface area contributed by atoms with E-state index in [1.807, 2.05) is 6.92 Å². The summed E-state index contributed by atoms with van der Waals surface area (Å²) in [5.41, 5.74) is 0. The zero-order valence-electron chi connectivity index (χ0n) is 10.2. The van der Waals surface area contributed by atoms with E-state index in [-0.39, 0.29) is 6.04 Å². The van der Waals surface area contributed by atoms with Gasteiger partial charge in [0, 0.05) is 31.5 Å². The second-order valence-electron chi connectivity index (χ2n) is 4.61. The molecule has 0 aromatic heterocycles. The van der Waals surface area contributed by atoms with Gasteiger partial charge in [-0.25, -0.2) is 0 Å². The summed E-state index contributed by atoms with van der Waals surface area (Å²) in [6, 6.07) is -0.00986. The summed E-state index contributed by atoms with van der Waals surface area (Å²) in [5.74, 6) is 0.644. The van der Waals surface area contributed by atoms with E-state index in [9.17, 15) is 8.42 Å². The van der Waals surface area contributed by atoms with Gasteiger partial charge >= 0.3 is 0 Å². The van der Waals surface area contributed by atoms with Crippen molar-refractivity contribution < 1.29 is 8.42 Å². The van der Waals surface area contributed by atoms with Gasteiger partial charge in [-0.15, -0.1) is 0 Å². The quantitative estimate of drug-likeness (QED) is 0.741. The minimum Gasteiger partial charge on any atom is -0.195 e. The molecule has 1 unspecified atom stereocenters. The molecule has 96 valence electrons. The van der Waals surface area contributed by atoms with E-state index in [1.54, 1.807) is 11.4 Å². The molecule has 1 fully saturated rings. The summed E-state index contributed by atoms with van der Waals surface area (Å²) in [6.45, 7) is 5.39. The van der Waals surface area contributed by atoms with Gasteiger partial charge in [0.05, 0.1) is 0 Å². The monoisotopic (exact) mass is 312 g/mol. The fraction of sp³-hybridized carbons (Fsp3) is 1.00.